The molecule has 0 aliphatic heterocycles. The van der Waals surface area contributed by atoms with Gasteiger partial charge in [-0.05, 0) is 81.0 Å². The third-order valence-corrected chi connectivity index (χ3v) is 9.13. The summed E-state index contributed by atoms with van der Waals surface area (Å²) < 4.78 is 0. The van der Waals surface area contributed by atoms with Crippen LogP contribution in [0.1, 0.15) is 65.7 Å². The van der Waals surface area contributed by atoms with Crippen LogP contribution in [0.5, 0.6) is 0 Å². The first-order valence-electron chi connectivity index (χ1n) is 10.1. The Balaban J connectivity index is 1.67. The second-order valence-electron chi connectivity index (χ2n) is 9.87. The Hall–Kier alpha value is -0.380. The van der Waals surface area contributed by atoms with Gasteiger partial charge in [-0.3, -0.25) is 0 Å². The fourth-order valence-corrected chi connectivity index (χ4v) is 7.58. The Labute approximate surface area is 146 Å². The molecule has 0 heterocycles. The monoisotopic (exact) mass is 333 g/mol. The van der Waals surface area contributed by atoms with Gasteiger partial charge >= 0.3 is 0 Å². The van der Waals surface area contributed by atoms with Crippen LogP contribution in [0.4, 0.5) is 0 Å². The van der Waals surface area contributed by atoms with Crippen molar-refractivity contribution in [1.82, 2.24) is 0 Å². The molecule has 0 saturated heterocycles. The molecule has 0 aromatic rings. The zero-order chi connectivity index (χ0) is 17.3. The van der Waals surface area contributed by atoms with Gasteiger partial charge in [0, 0.05) is 11.5 Å². The largest absolute Gasteiger partial charge is 0.390 e. The molecule has 3 heteroatoms. The van der Waals surface area contributed by atoms with Crippen molar-refractivity contribution in [2.45, 2.75) is 83.5 Å². The van der Waals surface area contributed by atoms with Crippen molar-refractivity contribution < 1.29 is 10.2 Å². The summed E-state index contributed by atoms with van der Waals surface area (Å²) in [6.45, 7) is 6.51. The van der Waals surface area contributed by atoms with E-state index in [9.17, 15) is 10.2 Å². The van der Waals surface area contributed by atoms with E-state index in [1.807, 2.05) is 0 Å². The lowest BCUT2D eigenvalue weighted by molar-refractivity contribution is -0.176. The second-order valence-corrected chi connectivity index (χ2v) is 9.87. The molecule has 2 unspecified atom stereocenters. The van der Waals surface area contributed by atoms with E-state index in [-0.39, 0.29) is 16.9 Å². The Morgan fingerprint density at radius 2 is 1.79 bits per heavy atom. The van der Waals surface area contributed by atoms with Gasteiger partial charge in [0.1, 0.15) is 0 Å². The van der Waals surface area contributed by atoms with E-state index in [1.54, 1.807) is 6.92 Å². The van der Waals surface area contributed by atoms with E-state index in [4.69, 9.17) is 5.73 Å². The lowest BCUT2D eigenvalue weighted by Gasteiger charge is -2.60. The summed E-state index contributed by atoms with van der Waals surface area (Å²) in [6, 6.07) is 0.236. The number of allylic oxidation sites excluding steroid dienone is 1. The Kier molecular flexibility index (Phi) is 3.77. The summed E-state index contributed by atoms with van der Waals surface area (Å²) in [4.78, 5) is 0. The molecule has 4 rings (SSSR count). The highest BCUT2D eigenvalue weighted by atomic mass is 16.3. The number of hydrogen-bond donors (Lipinski definition) is 3. The minimum atomic E-state index is -0.898. The highest BCUT2D eigenvalue weighted by molar-refractivity contribution is 5.20. The van der Waals surface area contributed by atoms with Gasteiger partial charge in [-0.1, -0.05) is 26.0 Å². The summed E-state index contributed by atoms with van der Waals surface area (Å²) in [6.07, 6.45) is 11.8. The van der Waals surface area contributed by atoms with Crippen molar-refractivity contribution in [2.24, 2.45) is 40.2 Å². The lowest BCUT2D eigenvalue weighted by atomic mass is 9.45. The molecule has 0 spiro atoms. The SMILES string of the molecule is C[C@H](O)[C@@]1(O)CC[C@H]2[C@@H]3CCC4CC(N)C=C[C@]4(C)[C@H]3CC[C@@]21C. The van der Waals surface area contributed by atoms with Crippen LogP contribution in [-0.4, -0.2) is 28.0 Å². The number of nitrogens with two attached hydrogens (primary N) is 1. The normalized spacial score (nSPS) is 57.8. The first-order valence-corrected chi connectivity index (χ1v) is 10.1. The molecule has 0 amide bonds. The van der Waals surface area contributed by atoms with Crippen LogP contribution in [0.3, 0.4) is 0 Å². The van der Waals surface area contributed by atoms with E-state index in [0.717, 1.165) is 37.5 Å². The second kappa shape index (κ2) is 5.31. The fraction of sp³-hybridized carbons (Fsp3) is 0.905. The summed E-state index contributed by atoms with van der Waals surface area (Å²) in [5.74, 6) is 2.68. The maximum absolute atomic E-state index is 11.3. The van der Waals surface area contributed by atoms with Crippen LogP contribution >= 0.6 is 0 Å². The highest BCUT2D eigenvalue weighted by Gasteiger charge is 2.65. The minimum Gasteiger partial charge on any atom is -0.390 e. The van der Waals surface area contributed by atoms with Gasteiger partial charge in [0.15, 0.2) is 0 Å². The first-order chi connectivity index (χ1) is 11.2. The van der Waals surface area contributed by atoms with Crippen molar-refractivity contribution in [1.29, 1.82) is 0 Å². The molecule has 0 radical (unpaired) electrons. The number of rotatable bonds is 1. The molecule has 24 heavy (non-hydrogen) atoms. The van der Waals surface area contributed by atoms with Crippen molar-refractivity contribution in [3.63, 3.8) is 0 Å². The van der Waals surface area contributed by atoms with E-state index in [0.29, 0.717) is 11.8 Å². The van der Waals surface area contributed by atoms with Gasteiger partial charge in [0.05, 0.1) is 11.7 Å². The maximum atomic E-state index is 11.3. The summed E-state index contributed by atoms with van der Waals surface area (Å²) in [7, 11) is 0. The molecular formula is C21H35NO2. The number of aliphatic hydroxyl groups excluding tert-OH is 1. The van der Waals surface area contributed by atoms with Gasteiger partial charge in [-0.2, -0.15) is 0 Å². The van der Waals surface area contributed by atoms with E-state index >= 15 is 0 Å². The Morgan fingerprint density at radius 3 is 2.50 bits per heavy atom. The minimum absolute atomic E-state index is 0.125. The van der Waals surface area contributed by atoms with Crippen molar-refractivity contribution >= 4 is 0 Å². The summed E-state index contributed by atoms with van der Waals surface area (Å²) >= 11 is 0. The van der Waals surface area contributed by atoms with Crippen LogP contribution < -0.4 is 5.73 Å². The van der Waals surface area contributed by atoms with E-state index in [1.165, 1.54) is 19.3 Å². The van der Waals surface area contributed by atoms with Gasteiger partial charge in [0.2, 0.25) is 0 Å². The average molecular weight is 334 g/mol. The first kappa shape index (κ1) is 17.1. The molecule has 3 fully saturated rings. The van der Waals surface area contributed by atoms with Crippen molar-refractivity contribution in [2.75, 3.05) is 0 Å². The van der Waals surface area contributed by atoms with E-state index < -0.39 is 11.7 Å². The lowest BCUT2D eigenvalue weighted by Crippen LogP contribution is -2.59. The molecule has 4 N–H and O–H groups in total. The summed E-state index contributed by atoms with van der Waals surface area (Å²) in [5, 5.41) is 21.6. The fourth-order valence-electron chi connectivity index (χ4n) is 7.58. The summed E-state index contributed by atoms with van der Waals surface area (Å²) in [5.41, 5.74) is 5.46. The van der Waals surface area contributed by atoms with Gasteiger partial charge in [-0.25, -0.2) is 0 Å². The molecule has 0 aromatic carbocycles. The Bertz CT molecular complexity index is 546. The van der Waals surface area contributed by atoms with Crippen LogP contribution in [0.15, 0.2) is 12.2 Å². The number of aliphatic hydroxyl groups is 2. The van der Waals surface area contributed by atoms with Crippen LogP contribution in [0, 0.1) is 34.5 Å². The standard InChI is InChI=1S/C21H35NO2/c1-13(23)21(24)11-8-18-16-5-4-14-12-15(22)6-9-19(14,2)17(16)7-10-20(18,21)3/h6,9,13-18,23-24H,4-5,7-8,10-12,22H2,1-3H3/t13-,14?,15?,16+,17-,18-,19-,20-,21-/m0/s1. The third kappa shape index (κ3) is 2.01. The smallest absolute Gasteiger partial charge is 0.0958 e. The Morgan fingerprint density at radius 1 is 1.08 bits per heavy atom. The van der Waals surface area contributed by atoms with Crippen molar-refractivity contribution in [3.05, 3.63) is 12.2 Å². The molecule has 4 aliphatic rings. The van der Waals surface area contributed by atoms with Crippen LogP contribution in [0.2, 0.25) is 0 Å². The third-order valence-electron chi connectivity index (χ3n) is 9.13. The van der Waals surface area contributed by atoms with E-state index in [2.05, 4.69) is 26.0 Å². The molecule has 0 bridgehead atoms. The molecule has 4 aliphatic carbocycles. The molecule has 136 valence electrons. The number of fused-ring (bicyclic) bond motifs is 5. The topological polar surface area (TPSA) is 66.5 Å². The van der Waals surface area contributed by atoms with Crippen molar-refractivity contribution in [3.8, 4) is 0 Å². The maximum Gasteiger partial charge on any atom is 0.0958 e. The van der Waals surface area contributed by atoms with Crippen LogP contribution in [-0.2, 0) is 0 Å². The molecular weight excluding hydrogens is 298 g/mol. The molecule has 9 atom stereocenters. The van der Waals surface area contributed by atoms with Gasteiger partial charge in [0.25, 0.3) is 0 Å². The van der Waals surface area contributed by atoms with Gasteiger partial charge in [-0.15, -0.1) is 0 Å². The average Bonchev–Trinajstić information content (AvgIpc) is 2.81. The van der Waals surface area contributed by atoms with Gasteiger partial charge < -0.3 is 15.9 Å². The zero-order valence-corrected chi connectivity index (χ0v) is 15.5. The molecule has 0 aromatic heterocycles. The predicted molar refractivity (Wildman–Crippen MR) is 96.2 cm³/mol. The highest BCUT2D eigenvalue weighted by Crippen LogP contribution is 2.67. The predicted octanol–water partition coefficient (Wildman–Crippen LogP) is 3.24. The van der Waals surface area contributed by atoms with Crippen LogP contribution in [0.25, 0.3) is 0 Å². The molecule has 3 nitrogen and oxygen atoms in total. The molecule has 3 saturated carbocycles. The number of hydrogen-bond acceptors (Lipinski definition) is 3. The zero-order valence-electron chi connectivity index (χ0n) is 15.5. The quantitative estimate of drug-likeness (QED) is 0.645.